The molecule has 106 valence electrons. The zero-order valence-corrected chi connectivity index (χ0v) is 11.7. The predicted molar refractivity (Wildman–Crippen MR) is 72.4 cm³/mol. The van der Waals surface area contributed by atoms with E-state index in [-0.39, 0.29) is 17.4 Å². The Morgan fingerprint density at radius 1 is 1.58 bits per heavy atom. The summed E-state index contributed by atoms with van der Waals surface area (Å²) in [7, 11) is -1.75. The Morgan fingerprint density at radius 2 is 2.37 bits per heavy atom. The first-order valence-electron chi connectivity index (χ1n) is 6.32. The van der Waals surface area contributed by atoms with Crippen molar-refractivity contribution < 1.29 is 13.5 Å². The third-order valence-electron chi connectivity index (χ3n) is 3.41. The lowest BCUT2D eigenvalue weighted by molar-refractivity contribution is 0.259. The van der Waals surface area contributed by atoms with Gasteiger partial charge in [-0.25, -0.2) is 13.4 Å². The van der Waals surface area contributed by atoms with Gasteiger partial charge in [0.1, 0.15) is 5.82 Å². The number of aliphatic hydroxyl groups excluding tert-OH is 1. The number of nitrogens with one attached hydrogen (secondary N) is 1. The highest BCUT2D eigenvalue weighted by molar-refractivity contribution is 7.89. The lowest BCUT2D eigenvalue weighted by Gasteiger charge is -2.16. The molecular weight excluding hydrogens is 266 g/mol. The summed E-state index contributed by atoms with van der Waals surface area (Å²) < 4.78 is 26.4. The van der Waals surface area contributed by atoms with Gasteiger partial charge < -0.3 is 10.4 Å². The summed E-state index contributed by atoms with van der Waals surface area (Å²) in [5, 5.41) is 11.7. The first-order valence-corrected chi connectivity index (χ1v) is 7.76. The quantitative estimate of drug-likeness (QED) is 0.824. The number of anilines is 1. The van der Waals surface area contributed by atoms with Gasteiger partial charge in [0, 0.05) is 39.0 Å². The van der Waals surface area contributed by atoms with Crippen molar-refractivity contribution in [2.24, 2.45) is 5.92 Å². The third kappa shape index (κ3) is 3.05. The average Bonchev–Trinajstić information content (AvgIpc) is 2.88. The smallest absolute Gasteiger partial charge is 0.243 e. The minimum atomic E-state index is -3.45. The van der Waals surface area contributed by atoms with Crippen LogP contribution in [0.25, 0.3) is 0 Å². The Labute approximate surface area is 113 Å². The molecule has 0 amide bonds. The van der Waals surface area contributed by atoms with Crippen molar-refractivity contribution in [3.05, 3.63) is 18.3 Å². The molecule has 0 radical (unpaired) electrons. The summed E-state index contributed by atoms with van der Waals surface area (Å²) in [6, 6.07) is 3.05. The molecule has 0 aromatic carbocycles. The van der Waals surface area contributed by atoms with E-state index in [0.717, 1.165) is 6.42 Å². The number of aromatic nitrogens is 1. The molecule has 1 saturated heterocycles. The van der Waals surface area contributed by atoms with Crippen LogP contribution in [0, 0.1) is 5.92 Å². The maximum absolute atomic E-state index is 12.5. The van der Waals surface area contributed by atoms with Gasteiger partial charge in [-0.2, -0.15) is 4.31 Å². The van der Waals surface area contributed by atoms with Crippen LogP contribution in [0.5, 0.6) is 0 Å². The number of rotatable bonds is 5. The van der Waals surface area contributed by atoms with Crippen molar-refractivity contribution in [2.45, 2.75) is 17.7 Å². The second-order valence-corrected chi connectivity index (χ2v) is 6.59. The number of hydrogen-bond acceptors (Lipinski definition) is 5. The fourth-order valence-corrected chi connectivity index (χ4v) is 3.84. The first-order chi connectivity index (χ1) is 9.07. The van der Waals surface area contributed by atoms with Crippen LogP contribution in [0.3, 0.4) is 0 Å². The van der Waals surface area contributed by atoms with E-state index in [2.05, 4.69) is 10.3 Å². The van der Waals surface area contributed by atoms with Crippen molar-refractivity contribution in [2.75, 3.05) is 32.1 Å². The molecule has 19 heavy (non-hydrogen) atoms. The fraction of sp³-hybridized carbons (Fsp3) is 0.583. The van der Waals surface area contributed by atoms with Crippen molar-refractivity contribution >= 4 is 15.8 Å². The molecule has 1 aromatic rings. The van der Waals surface area contributed by atoms with Gasteiger partial charge >= 0.3 is 0 Å². The van der Waals surface area contributed by atoms with Crippen LogP contribution in [0.1, 0.15) is 12.8 Å². The molecule has 0 bridgehead atoms. The first kappa shape index (κ1) is 14.2. The van der Waals surface area contributed by atoms with E-state index in [4.69, 9.17) is 5.11 Å². The summed E-state index contributed by atoms with van der Waals surface area (Å²) >= 11 is 0. The van der Waals surface area contributed by atoms with Crippen molar-refractivity contribution in [3.63, 3.8) is 0 Å². The van der Waals surface area contributed by atoms with Crippen molar-refractivity contribution in [1.82, 2.24) is 9.29 Å². The molecule has 0 aliphatic carbocycles. The van der Waals surface area contributed by atoms with Gasteiger partial charge in [-0.05, 0) is 24.8 Å². The van der Waals surface area contributed by atoms with Crippen molar-refractivity contribution in [3.8, 4) is 0 Å². The van der Waals surface area contributed by atoms with Crippen LogP contribution in [0.2, 0.25) is 0 Å². The highest BCUT2D eigenvalue weighted by Crippen LogP contribution is 2.26. The number of aliphatic hydroxyl groups is 1. The number of pyridine rings is 1. The standard InChI is InChI=1S/C12H19N3O3S/c1-13-12-8-11(2-5-14-12)19(17,18)15-6-3-10(9-15)4-7-16/h2,5,8,10,16H,3-4,6-7,9H2,1H3,(H,13,14). The van der Waals surface area contributed by atoms with Gasteiger partial charge in [0.15, 0.2) is 0 Å². The molecule has 1 unspecified atom stereocenters. The van der Waals surface area contributed by atoms with E-state index in [9.17, 15) is 8.42 Å². The van der Waals surface area contributed by atoms with Gasteiger partial charge in [-0.1, -0.05) is 0 Å². The molecule has 0 saturated carbocycles. The van der Waals surface area contributed by atoms with E-state index in [1.807, 2.05) is 0 Å². The zero-order chi connectivity index (χ0) is 13.9. The highest BCUT2D eigenvalue weighted by Gasteiger charge is 2.32. The largest absolute Gasteiger partial charge is 0.396 e. The van der Waals surface area contributed by atoms with Gasteiger partial charge in [0.05, 0.1) is 4.90 Å². The summed E-state index contributed by atoms with van der Waals surface area (Å²) in [6.45, 7) is 1.11. The lowest BCUT2D eigenvalue weighted by Crippen LogP contribution is -2.29. The molecule has 1 aliphatic heterocycles. The Bertz CT molecular complexity index is 533. The van der Waals surface area contributed by atoms with Gasteiger partial charge in [-0.15, -0.1) is 0 Å². The summed E-state index contributed by atoms with van der Waals surface area (Å²) in [6.07, 6.45) is 2.95. The predicted octanol–water partition coefficient (Wildman–Crippen LogP) is 0.516. The highest BCUT2D eigenvalue weighted by atomic mass is 32.2. The topological polar surface area (TPSA) is 82.5 Å². The van der Waals surface area contributed by atoms with E-state index in [1.54, 1.807) is 7.05 Å². The Balaban J connectivity index is 2.18. The van der Waals surface area contributed by atoms with Gasteiger partial charge in [-0.3, -0.25) is 0 Å². The Morgan fingerprint density at radius 3 is 3.05 bits per heavy atom. The van der Waals surface area contributed by atoms with E-state index in [1.165, 1.54) is 22.6 Å². The fourth-order valence-electron chi connectivity index (χ4n) is 2.29. The van der Waals surface area contributed by atoms with Gasteiger partial charge in [0.25, 0.3) is 0 Å². The van der Waals surface area contributed by atoms with Crippen LogP contribution in [0.4, 0.5) is 5.82 Å². The minimum Gasteiger partial charge on any atom is -0.396 e. The monoisotopic (exact) mass is 285 g/mol. The van der Waals surface area contributed by atoms with Crippen molar-refractivity contribution in [1.29, 1.82) is 0 Å². The molecule has 6 nitrogen and oxygen atoms in total. The molecule has 1 fully saturated rings. The van der Waals surface area contributed by atoms with E-state index < -0.39 is 10.0 Å². The maximum atomic E-state index is 12.5. The van der Waals surface area contributed by atoms with E-state index in [0.29, 0.717) is 25.3 Å². The third-order valence-corrected chi connectivity index (χ3v) is 5.27. The molecule has 2 rings (SSSR count). The minimum absolute atomic E-state index is 0.109. The Kier molecular flexibility index (Phi) is 4.38. The molecule has 7 heteroatoms. The molecule has 2 heterocycles. The average molecular weight is 285 g/mol. The van der Waals surface area contributed by atoms with Crippen LogP contribution in [-0.2, 0) is 10.0 Å². The number of sulfonamides is 1. The van der Waals surface area contributed by atoms with Crippen LogP contribution in [0.15, 0.2) is 23.2 Å². The summed E-state index contributed by atoms with van der Waals surface area (Å²) in [5.74, 6) is 0.789. The lowest BCUT2D eigenvalue weighted by atomic mass is 10.1. The molecule has 1 atom stereocenters. The van der Waals surface area contributed by atoms with E-state index >= 15 is 0 Å². The number of nitrogens with zero attached hydrogens (tertiary/aromatic N) is 2. The molecular formula is C12H19N3O3S. The maximum Gasteiger partial charge on any atom is 0.243 e. The van der Waals surface area contributed by atoms with Crippen LogP contribution in [-0.4, -0.2) is 49.6 Å². The zero-order valence-electron chi connectivity index (χ0n) is 10.9. The van der Waals surface area contributed by atoms with Crippen LogP contribution >= 0.6 is 0 Å². The summed E-state index contributed by atoms with van der Waals surface area (Å²) in [5.41, 5.74) is 0. The SMILES string of the molecule is CNc1cc(S(=O)(=O)N2CCC(CCO)C2)ccn1. The van der Waals surface area contributed by atoms with Crippen LogP contribution < -0.4 is 5.32 Å². The molecule has 2 N–H and O–H groups in total. The number of hydrogen-bond donors (Lipinski definition) is 2. The molecule has 0 spiro atoms. The molecule has 1 aliphatic rings. The second-order valence-electron chi connectivity index (χ2n) is 4.66. The normalized spacial score (nSPS) is 20.6. The second kappa shape index (κ2) is 5.85. The summed E-state index contributed by atoms with van der Waals surface area (Å²) in [4.78, 5) is 4.28. The van der Waals surface area contributed by atoms with Gasteiger partial charge in [0.2, 0.25) is 10.0 Å². The Hall–Kier alpha value is -1.18. The molecule has 1 aromatic heterocycles.